The normalized spacial score (nSPS) is 24.2. The van der Waals surface area contributed by atoms with E-state index in [1.54, 1.807) is 0 Å². The summed E-state index contributed by atoms with van der Waals surface area (Å²) >= 11 is 0. The minimum atomic E-state index is 0.400. The van der Waals surface area contributed by atoms with Crippen LogP contribution in [-0.2, 0) is 0 Å². The van der Waals surface area contributed by atoms with Gasteiger partial charge < -0.3 is 4.90 Å². The number of unbranched alkanes of at least 4 members (excludes halogenated alkanes) is 1. The van der Waals surface area contributed by atoms with E-state index in [1.807, 2.05) is 6.07 Å². The molecule has 1 saturated carbocycles. The van der Waals surface area contributed by atoms with E-state index in [-0.39, 0.29) is 0 Å². The lowest BCUT2D eigenvalue weighted by molar-refractivity contribution is 0.169. The third-order valence-corrected chi connectivity index (χ3v) is 7.10. The highest BCUT2D eigenvalue weighted by Gasteiger charge is 2.33. The number of benzene rings is 1. The van der Waals surface area contributed by atoms with Crippen LogP contribution in [0, 0.1) is 22.7 Å². The Balaban J connectivity index is 1.75. The van der Waals surface area contributed by atoms with Gasteiger partial charge in [0.1, 0.15) is 0 Å². The number of hydrogen-bond acceptors (Lipinski definition) is 3. The molecule has 0 amide bonds. The van der Waals surface area contributed by atoms with Crippen LogP contribution in [0.25, 0.3) is 0 Å². The van der Waals surface area contributed by atoms with E-state index in [2.05, 4.69) is 55.7 Å². The maximum absolute atomic E-state index is 9.82. The van der Waals surface area contributed by atoms with Crippen LogP contribution < -0.4 is 4.90 Å². The molecule has 3 nitrogen and oxygen atoms in total. The molecule has 1 aromatic rings. The van der Waals surface area contributed by atoms with Crippen LogP contribution in [0.3, 0.4) is 0 Å². The Morgan fingerprint density at radius 1 is 1.04 bits per heavy atom. The third kappa shape index (κ3) is 4.90. The molecule has 0 atom stereocenters. The molecule has 28 heavy (non-hydrogen) atoms. The molecular formula is C25H39N3. The third-order valence-electron chi connectivity index (χ3n) is 7.10. The Kier molecular flexibility index (Phi) is 7.05. The zero-order chi connectivity index (χ0) is 20.1. The van der Waals surface area contributed by atoms with Crippen molar-refractivity contribution in [2.45, 2.75) is 72.1 Å². The van der Waals surface area contributed by atoms with Gasteiger partial charge in [0.05, 0.1) is 11.6 Å². The van der Waals surface area contributed by atoms with Crippen molar-refractivity contribution < 1.29 is 0 Å². The zero-order valence-electron chi connectivity index (χ0n) is 18.5. The Labute approximate surface area is 172 Å². The molecule has 1 heterocycles. The quantitative estimate of drug-likeness (QED) is 0.645. The van der Waals surface area contributed by atoms with E-state index in [0.29, 0.717) is 11.3 Å². The van der Waals surface area contributed by atoms with Gasteiger partial charge in [-0.2, -0.15) is 5.26 Å². The number of piperazine rings is 1. The minimum Gasteiger partial charge on any atom is -0.369 e. The van der Waals surface area contributed by atoms with E-state index < -0.39 is 0 Å². The van der Waals surface area contributed by atoms with Gasteiger partial charge in [-0.1, -0.05) is 40.2 Å². The van der Waals surface area contributed by atoms with E-state index in [1.165, 1.54) is 56.3 Å². The second-order valence-electron chi connectivity index (χ2n) is 9.95. The summed E-state index contributed by atoms with van der Waals surface area (Å²) in [7, 11) is 0. The fourth-order valence-corrected chi connectivity index (χ4v) is 5.20. The first kappa shape index (κ1) is 21.2. The number of anilines is 1. The predicted octanol–water partition coefficient (Wildman–Crippen LogP) is 5.80. The maximum atomic E-state index is 9.82. The average Bonchev–Trinajstić information content (AvgIpc) is 2.71. The van der Waals surface area contributed by atoms with Crippen molar-refractivity contribution in [3.05, 3.63) is 29.3 Å². The highest BCUT2D eigenvalue weighted by atomic mass is 15.3. The van der Waals surface area contributed by atoms with Crippen LogP contribution >= 0.6 is 0 Å². The van der Waals surface area contributed by atoms with Gasteiger partial charge in [-0.15, -0.1) is 0 Å². The molecule has 0 unspecified atom stereocenters. The highest BCUT2D eigenvalue weighted by molar-refractivity contribution is 5.62. The minimum absolute atomic E-state index is 0.400. The summed E-state index contributed by atoms with van der Waals surface area (Å²) in [6.07, 6.45) is 7.60. The molecule has 1 saturated heterocycles. The second-order valence-corrected chi connectivity index (χ2v) is 9.95. The first-order valence-corrected chi connectivity index (χ1v) is 11.4. The molecule has 154 valence electrons. The Morgan fingerprint density at radius 2 is 1.71 bits per heavy atom. The molecule has 0 radical (unpaired) electrons. The molecule has 1 aliphatic carbocycles. The van der Waals surface area contributed by atoms with Gasteiger partial charge in [0, 0.05) is 31.9 Å². The van der Waals surface area contributed by atoms with Crippen molar-refractivity contribution >= 4 is 5.69 Å². The maximum Gasteiger partial charge on any atom is 0.0995 e. The van der Waals surface area contributed by atoms with E-state index in [9.17, 15) is 5.26 Å². The summed E-state index contributed by atoms with van der Waals surface area (Å²) in [5, 5.41) is 9.82. The molecule has 0 aromatic heterocycles. The van der Waals surface area contributed by atoms with Gasteiger partial charge in [-0.05, 0) is 73.6 Å². The number of hydrogen-bond donors (Lipinski definition) is 0. The van der Waals surface area contributed by atoms with Crippen molar-refractivity contribution in [3.63, 3.8) is 0 Å². The fraction of sp³-hybridized carbons (Fsp3) is 0.720. The SMILES string of the molecule is CCCCN1CCN(c2cccc(C#N)c2C2CCC(C(C)(C)C)CC2)CC1. The monoisotopic (exact) mass is 381 g/mol. The van der Waals surface area contributed by atoms with Gasteiger partial charge in [0.25, 0.3) is 0 Å². The molecule has 3 heteroatoms. The lowest BCUT2D eigenvalue weighted by Gasteiger charge is -2.40. The van der Waals surface area contributed by atoms with Crippen LogP contribution in [0.4, 0.5) is 5.69 Å². The van der Waals surface area contributed by atoms with Crippen LogP contribution in [0.2, 0.25) is 0 Å². The number of nitriles is 1. The zero-order valence-corrected chi connectivity index (χ0v) is 18.5. The van der Waals surface area contributed by atoms with Crippen molar-refractivity contribution in [1.82, 2.24) is 4.90 Å². The molecule has 1 aromatic carbocycles. The van der Waals surface area contributed by atoms with Crippen molar-refractivity contribution in [2.24, 2.45) is 11.3 Å². The number of rotatable bonds is 5. The second kappa shape index (κ2) is 9.31. The van der Waals surface area contributed by atoms with Crippen LogP contribution in [0.1, 0.15) is 83.3 Å². The fourth-order valence-electron chi connectivity index (χ4n) is 5.20. The molecule has 2 fully saturated rings. The van der Waals surface area contributed by atoms with Crippen LogP contribution in [0.5, 0.6) is 0 Å². The van der Waals surface area contributed by atoms with Gasteiger partial charge in [0.15, 0.2) is 0 Å². The van der Waals surface area contributed by atoms with Gasteiger partial charge >= 0.3 is 0 Å². The Morgan fingerprint density at radius 3 is 2.29 bits per heavy atom. The van der Waals surface area contributed by atoms with Crippen LogP contribution in [0.15, 0.2) is 18.2 Å². The van der Waals surface area contributed by atoms with Crippen molar-refractivity contribution in [3.8, 4) is 6.07 Å². The van der Waals surface area contributed by atoms with Crippen molar-refractivity contribution in [2.75, 3.05) is 37.6 Å². The van der Waals surface area contributed by atoms with E-state index in [4.69, 9.17) is 0 Å². The highest BCUT2D eigenvalue weighted by Crippen LogP contribution is 2.46. The lowest BCUT2D eigenvalue weighted by Crippen LogP contribution is -2.47. The molecule has 0 bridgehead atoms. The number of nitrogens with zero attached hydrogens (tertiary/aromatic N) is 3. The van der Waals surface area contributed by atoms with E-state index >= 15 is 0 Å². The van der Waals surface area contributed by atoms with Crippen LogP contribution in [-0.4, -0.2) is 37.6 Å². The van der Waals surface area contributed by atoms with Crippen molar-refractivity contribution in [1.29, 1.82) is 5.26 Å². The molecular weight excluding hydrogens is 342 g/mol. The summed E-state index contributed by atoms with van der Waals surface area (Å²) < 4.78 is 0. The molecule has 0 N–H and O–H groups in total. The summed E-state index contributed by atoms with van der Waals surface area (Å²) in [5.74, 6) is 1.35. The summed E-state index contributed by atoms with van der Waals surface area (Å²) in [6.45, 7) is 15.1. The Bertz CT molecular complexity index is 666. The molecule has 2 aliphatic rings. The molecule has 0 spiro atoms. The average molecular weight is 382 g/mol. The predicted molar refractivity (Wildman–Crippen MR) is 119 cm³/mol. The topological polar surface area (TPSA) is 30.3 Å². The first-order chi connectivity index (χ1) is 13.4. The standard InChI is InChI=1S/C25H39N3/c1-5-6-14-27-15-17-28(18-16-27)23-9-7-8-21(19-26)24(23)20-10-12-22(13-11-20)25(2,3)4/h7-9,20,22H,5-6,10-18H2,1-4H3. The summed E-state index contributed by atoms with van der Waals surface area (Å²) in [5.41, 5.74) is 4.00. The molecule has 1 aliphatic heterocycles. The van der Waals surface area contributed by atoms with E-state index in [0.717, 1.165) is 37.7 Å². The van der Waals surface area contributed by atoms with Gasteiger partial charge in [-0.25, -0.2) is 0 Å². The lowest BCUT2D eigenvalue weighted by atomic mass is 9.68. The smallest absolute Gasteiger partial charge is 0.0995 e. The van der Waals surface area contributed by atoms with Gasteiger partial charge in [-0.3, -0.25) is 4.90 Å². The Hall–Kier alpha value is -1.53. The largest absolute Gasteiger partial charge is 0.369 e. The molecule has 3 rings (SSSR count). The summed E-state index contributed by atoms with van der Waals surface area (Å²) in [4.78, 5) is 5.15. The first-order valence-electron chi connectivity index (χ1n) is 11.4. The van der Waals surface area contributed by atoms with Gasteiger partial charge in [0.2, 0.25) is 0 Å². The summed E-state index contributed by atoms with van der Waals surface area (Å²) in [6, 6.07) is 8.90.